The number of aryl methyl sites for hydroxylation is 1. The molecule has 0 fully saturated rings. The van der Waals surface area contributed by atoms with E-state index in [-0.39, 0.29) is 17.5 Å². The number of ether oxygens (including phenoxy) is 1. The van der Waals surface area contributed by atoms with Crippen molar-refractivity contribution in [1.29, 1.82) is 0 Å². The molecular formula is C24H23N3O5. The van der Waals surface area contributed by atoms with Crippen LogP contribution in [0.2, 0.25) is 0 Å². The van der Waals surface area contributed by atoms with E-state index < -0.39 is 11.0 Å². The van der Waals surface area contributed by atoms with Gasteiger partial charge in [-0.15, -0.1) is 0 Å². The molecule has 1 atom stereocenters. The Morgan fingerprint density at radius 3 is 2.09 bits per heavy atom. The van der Waals surface area contributed by atoms with Gasteiger partial charge in [0.05, 0.1) is 4.92 Å². The largest absolute Gasteiger partial charge is 0.481 e. The maximum atomic E-state index is 12.4. The summed E-state index contributed by atoms with van der Waals surface area (Å²) in [5.41, 5.74) is 2.24. The predicted molar refractivity (Wildman–Crippen MR) is 122 cm³/mol. The highest BCUT2D eigenvalue weighted by molar-refractivity contribution is 5.95. The number of nitro groups is 1. The number of nitro benzene ring substituents is 1. The molecule has 0 aliphatic heterocycles. The summed E-state index contributed by atoms with van der Waals surface area (Å²) in [5, 5.41) is 16.3. The van der Waals surface area contributed by atoms with Crippen LogP contribution in [0.1, 0.15) is 18.9 Å². The number of non-ortho nitro benzene ring substituents is 1. The third-order valence-electron chi connectivity index (χ3n) is 4.65. The molecule has 8 heteroatoms. The van der Waals surface area contributed by atoms with Crippen LogP contribution in [0.3, 0.4) is 0 Å². The Morgan fingerprint density at radius 2 is 1.50 bits per heavy atom. The minimum atomic E-state index is -0.811. The average molecular weight is 433 g/mol. The smallest absolute Gasteiger partial charge is 0.269 e. The number of rotatable bonds is 9. The lowest BCUT2D eigenvalue weighted by Crippen LogP contribution is -2.30. The molecule has 2 N–H and O–H groups in total. The van der Waals surface area contributed by atoms with Crippen LogP contribution in [0, 0.1) is 10.1 Å². The molecule has 0 heterocycles. The van der Waals surface area contributed by atoms with Crippen molar-refractivity contribution < 1.29 is 19.2 Å². The summed E-state index contributed by atoms with van der Waals surface area (Å²) in [6, 6.07) is 22.1. The zero-order chi connectivity index (χ0) is 22.9. The first kappa shape index (κ1) is 22.5. The summed E-state index contributed by atoms with van der Waals surface area (Å²) in [5.74, 6) is -0.106. The zero-order valence-corrected chi connectivity index (χ0v) is 17.5. The molecule has 0 saturated carbocycles. The van der Waals surface area contributed by atoms with Crippen molar-refractivity contribution >= 4 is 28.9 Å². The topological polar surface area (TPSA) is 111 Å². The summed E-state index contributed by atoms with van der Waals surface area (Å²) in [7, 11) is 0. The number of amides is 2. The summed E-state index contributed by atoms with van der Waals surface area (Å²) in [4.78, 5) is 34.7. The Balaban J connectivity index is 1.47. The second-order valence-corrected chi connectivity index (χ2v) is 7.11. The lowest BCUT2D eigenvalue weighted by atomic mass is 10.1. The number of hydrogen-bond donors (Lipinski definition) is 2. The second-order valence-electron chi connectivity index (χ2n) is 7.11. The van der Waals surface area contributed by atoms with Crippen LogP contribution in [0.5, 0.6) is 5.75 Å². The molecule has 0 aliphatic carbocycles. The standard InChI is InChI=1S/C24H23N3O5/c1-17(32-22-14-12-21(13-15-22)27(30)31)24(29)26-20-10-8-19(9-11-20)25-23(28)16-7-18-5-3-2-4-6-18/h2-6,8-15,17H,7,16H2,1H3,(H,25,28)(H,26,29). The van der Waals surface area contributed by atoms with Crippen LogP contribution in [0.15, 0.2) is 78.9 Å². The third kappa shape index (κ3) is 6.66. The molecule has 2 amide bonds. The van der Waals surface area contributed by atoms with Gasteiger partial charge in [0.2, 0.25) is 5.91 Å². The normalized spacial score (nSPS) is 11.3. The SMILES string of the molecule is CC(Oc1ccc([N+](=O)[O-])cc1)C(=O)Nc1ccc(NC(=O)CCc2ccccc2)cc1. The van der Waals surface area contributed by atoms with Crippen molar-refractivity contribution in [1.82, 2.24) is 0 Å². The molecule has 8 nitrogen and oxygen atoms in total. The van der Waals surface area contributed by atoms with Gasteiger partial charge in [0, 0.05) is 29.9 Å². The predicted octanol–water partition coefficient (Wildman–Crippen LogP) is 4.57. The molecule has 0 radical (unpaired) electrons. The fourth-order valence-corrected chi connectivity index (χ4v) is 2.91. The van der Waals surface area contributed by atoms with Crippen LogP contribution >= 0.6 is 0 Å². The van der Waals surface area contributed by atoms with Crippen LogP contribution in [0.25, 0.3) is 0 Å². The zero-order valence-electron chi connectivity index (χ0n) is 17.5. The molecule has 3 aromatic rings. The van der Waals surface area contributed by atoms with Gasteiger partial charge < -0.3 is 15.4 Å². The van der Waals surface area contributed by atoms with Crippen molar-refractivity contribution in [3.63, 3.8) is 0 Å². The van der Waals surface area contributed by atoms with Gasteiger partial charge in [-0.05, 0) is 55.3 Å². The Morgan fingerprint density at radius 1 is 0.906 bits per heavy atom. The van der Waals surface area contributed by atoms with E-state index in [1.165, 1.54) is 24.3 Å². The number of nitrogens with one attached hydrogen (secondary N) is 2. The number of carbonyl (C=O) groups excluding carboxylic acids is 2. The first-order chi connectivity index (χ1) is 15.4. The van der Waals surface area contributed by atoms with E-state index in [1.807, 2.05) is 30.3 Å². The van der Waals surface area contributed by atoms with Crippen molar-refractivity contribution in [2.24, 2.45) is 0 Å². The molecule has 164 valence electrons. The Hall–Kier alpha value is -4.20. The number of nitrogens with zero attached hydrogens (tertiary/aromatic N) is 1. The van der Waals surface area contributed by atoms with Crippen LogP contribution < -0.4 is 15.4 Å². The van der Waals surface area contributed by atoms with Gasteiger partial charge in [-0.3, -0.25) is 19.7 Å². The maximum Gasteiger partial charge on any atom is 0.269 e. The van der Waals surface area contributed by atoms with Crippen molar-refractivity contribution in [3.05, 3.63) is 94.5 Å². The van der Waals surface area contributed by atoms with Crippen molar-refractivity contribution in [3.8, 4) is 5.75 Å². The van der Waals surface area contributed by atoms with Crippen LogP contribution in [0.4, 0.5) is 17.1 Å². The quantitative estimate of drug-likeness (QED) is 0.379. The number of hydrogen-bond acceptors (Lipinski definition) is 5. The fourth-order valence-electron chi connectivity index (χ4n) is 2.91. The number of anilines is 2. The lowest BCUT2D eigenvalue weighted by molar-refractivity contribution is -0.384. The summed E-state index contributed by atoms with van der Waals surface area (Å²) < 4.78 is 5.53. The number of benzene rings is 3. The van der Waals surface area contributed by atoms with Gasteiger partial charge in [0.1, 0.15) is 5.75 Å². The van der Waals surface area contributed by atoms with Crippen LogP contribution in [-0.2, 0) is 16.0 Å². The summed E-state index contributed by atoms with van der Waals surface area (Å²) in [6.07, 6.45) is 0.224. The van der Waals surface area contributed by atoms with E-state index in [2.05, 4.69) is 10.6 Å². The molecular weight excluding hydrogens is 410 g/mol. The van der Waals surface area contributed by atoms with E-state index in [4.69, 9.17) is 4.74 Å². The lowest BCUT2D eigenvalue weighted by Gasteiger charge is -2.15. The van der Waals surface area contributed by atoms with E-state index in [1.54, 1.807) is 31.2 Å². The highest BCUT2D eigenvalue weighted by Gasteiger charge is 2.16. The van der Waals surface area contributed by atoms with Gasteiger partial charge in [-0.25, -0.2) is 0 Å². The van der Waals surface area contributed by atoms with E-state index in [9.17, 15) is 19.7 Å². The fraction of sp³-hybridized carbons (Fsp3) is 0.167. The van der Waals surface area contributed by atoms with Gasteiger partial charge in [-0.2, -0.15) is 0 Å². The van der Waals surface area contributed by atoms with Gasteiger partial charge in [-0.1, -0.05) is 30.3 Å². The number of carbonyl (C=O) groups is 2. The average Bonchev–Trinajstić information content (AvgIpc) is 2.80. The Labute approximate surface area is 185 Å². The molecule has 0 aromatic heterocycles. The molecule has 0 aliphatic rings. The highest BCUT2D eigenvalue weighted by atomic mass is 16.6. The highest BCUT2D eigenvalue weighted by Crippen LogP contribution is 2.19. The van der Waals surface area contributed by atoms with Crippen molar-refractivity contribution in [2.45, 2.75) is 25.9 Å². The van der Waals surface area contributed by atoms with Gasteiger partial charge >= 0.3 is 0 Å². The Kier molecular flexibility index (Phi) is 7.53. The minimum absolute atomic E-state index is 0.0540. The molecule has 0 bridgehead atoms. The summed E-state index contributed by atoms with van der Waals surface area (Å²) in [6.45, 7) is 1.58. The minimum Gasteiger partial charge on any atom is -0.481 e. The Bertz CT molecular complexity index is 1070. The van der Waals surface area contributed by atoms with Crippen molar-refractivity contribution in [2.75, 3.05) is 10.6 Å². The molecule has 3 rings (SSSR count). The van der Waals surface area contributed by atoms with E-state index in [0.717, 1.165) is 5.56 Å². The maximum absolute atomic E-state index is 12.4. The first-order valence-electron chi connectivity index (χ1n) is 10.1. The monoisotopic (exact) mass is 433 g/mol. The van der Waals surface area contributed by atoms with Gasteiger partial charge in [0.25, 0.3) is 11.6 Å². The molecule has 0 saturated heterocycles. The second kappa shape index (κ2) is 10.7. The molecule has 1 unspecified atom stereocenters. The molecule has 32 heavy (non-hydrogen) atoms. The first-order valence-corrected chi connectivity index (χ1v) is 10.1. The summed E-state index contributed by atoms with van der Waals surface area (Å²) >= 11 is 0. The van der Waals surface area contributed by atoms with E-state index in [0.29, 0.717) is 30.0 Å². The van der Waals surface area contributed by atoms with Gasteiger partial charge in [0.15, 0.2) is 6.10 Å². The van der Waals surface area contributed by atoms with Crippen LogP contribution in [-0.4, -0.2) is 22.8 Å². The van der Waals surface area contributed by atoms with E-state index >= 15 is 0 Å². The third-order valence-corrected chi connectivity index (χ3v) is 4.65. The molecule has 3 aromatic carbocycles. The molecule has 0 spiro atoms.